The molecule has 30 heavy (non-hydrogen) atoms. The second-order valence-corrected chi connectivity index (χ2v) is 8.98. The first kappa shape index (κ1) is 19.1. The van der Waals surface area contributed by atoms with E-state index in [1.54, 1.807) is 16.7 Å². The van der Waals surface area contributed by atoms with Crippen LogP contribution >= 0.6 is 0 Å². The fourth-order valence-electron chi connectivity index (χ4n) is 5.78. The van der Waals surface area contributed by atoms with Gasteiger partial charge in [0.15, 0.2) is 0 Å². The topological polar surface area (TPSA) is 0 Å². The van der Waals surface area contributed by atoms with Gasteiger partial charge in [-0.1, -0.05) is 90.4 Å². The predicted molar refractivity (Wildman–Crippen MR) is 131 cm³/mol. The molecular formula is C30H30. The van der Waals surface area contributed by atoms with E-state index in [-0.39, 0.29) is 0 Å². The lowest BCUT2D eigenvalue weighted by molar-refractivity contribution is 0.610. The van der Waals surface area contributed by atoms with Crippen molar-refractivity contribution >= 4 is 16.8 Å². The largest absolute Gasteiger partial charge is 0.0620 e. The van der Waals surface area contributed by atoms with E-state index in [9.17, 15) is 0 Å². The first-order valence-electron chi connectivity index (χ1n) is 11.2. The molecule has 0 aromatic heterocycles. The van der Waals surface area contributed by atoms with Gasteiger partial charge < -0.3 is 0 Å². The van der Waals surface area contributed by atoms with Crippen LogP contribution in [0.25, 0.3) is 28.0 Å². The molecule has 2 aliphatic carbocycles. The van der Waals surface area contributed by atoms with Crippen LogP contribution in [-0.4, -0.2) is 0 Å². The van der Waals surface area contributed by atoms with Gasteiger partial charge in [0.25, 0.3) is 0 Å². The molecule has 0 heteroatoms. The molecule has 150 valence electrons. The van der Waals surface area contributed by atoms with Gasteiger partial charge in [-0.2, -0.15) is 0 Å². The molecule has 2 aliphatic rings. The van der Waals surface area contributed by atoms with E-state index < -0.39 is 0 Å². The van der Waals surface area contributed by atoms with E-state index in [2.05, 4.69) is 101 Å². The smallest absolute Gasteiger partial charge is 0.0161 e. The molecule has 0 saturated heterocycles. The van der Waals surface area contributed by atoms with Gasteiger partial charge in [0.1, 0.15) is 0 Å². The molecule has 3 aromatic rings. The maximum absolute atomic E-state index is 2.50. The van der Waals surface area contributed by atoms with Gasteiger partial charge in [0.2, 0.25) is 0 Å². The summed E-state index contributed by atoms with van der Waals surface area (Å²) < 4.78 is 0. The van der Waals surface area contributed by atoms with Gasteiger partial charge >= 0.3 is 0 Å². The molecule has 0 heterocycles. The zero-order valence-electron chi connectivity index (χ0n) is 18.7. The molecule has 0 bridgehead atoms. The first-order valence-corrected chi connectivity index (χ1v) is 11.2. The van der Waals surface area contributed by atoms with Crippen molar-refractivity contribution in [3.63, 3.8) is 0 Å². The van der Waals surface area contributed by atoms with Crippen LogP contribution in [0.1, 0.15) is 58.1 Å². The molecule has 1 unspecified atom stereocenters. The number of fused-ring (bicyclic) bond motifs is 2. The molecule has 5 rings (SSSR count). The molecule has 0 N–H and O–H groups in total. The van der Waals surface area contributed by atoms with Crippen LogP contribution in [0.2, 0.25) is 0 Å². The van der Waals surface area contributed by atoms with E-state index in [0.29, 0.717) is 11.8 Å². The van der Waals surface area contributed by atoms with E-state index in [1.807, 2.05) is 0 Å². The zero-order valence-corrected chi connectivity index (χ0v) is 18.7. The Morgan fingerprint density at radius 1 is 0.667 bits per heavy atom. The molecule has 3 aromatic carbocycles. The standard InChI is InChI=1S/C30H30/c1-6-22-17-28-26(25-14-9-12-23-11-7-8-13-24(23)25)15-10-16-27(28)30(22)29-20(4)18(2)19(3)21(29)5/h7-17,29-30H,6H2,1-5H3. The van der Waals surface area contributed by atoms with E-state index in [1.165, 1.54) is 44.2 Å². The second-order valence-electron chi connectivity index (χ2n) is 8.98. The Morgan fingerprint density at radius 3 is 2.03 bits per heavy atom. The fraction of sp³-hybridized carbons (Fsp3) is 0.267. The van der Waals surface area contributed by atoms with Crippen molar-refractivity contribution in [3.05, 3.63) is 99.7 Å². The third kappa shape index (κ3) is 2.67. The highest BCUT2D eigenvalue weighted by molar-refractivity contribution is 5.99. The second kappa shape index (κ2) is 7.13. The quantitative estimate of drug-likeness (QED) is 0.419. The van der Waals surface area contributed by atoms with Crippen molar-refractivity contribution in [2.24, 2.45) is 5.92 Å². The normalized spacial score (nSPS) is 19.1. The molecule has 0 saturated carbocycles. The summed E-state index contributed by atoms with van der Waals surface area (Å²) in [4.78, 5) is 0. The monoisotopic (exact) mass is 390 g/mol. The summed E-state index contributed by atoms with van der Waals surface area (Å²) in [6.45, 7) is 11.6. The van der Waals surface area contributed by atoms with Crippen LogP contribution in [-0.2, 0) is 0 Å². The maximum Gasteiger partial charge on any atom is 0.0161 e. The van der Waals surface area contributed by atoms with Crippen molar-refractivity contribution in [2.75, 3.05) is 0 Å². The summed E-state index contributed by atoms with van der Waals surface area (Å²) in [5.41, 5.74) is 13.3. The van der Waals surface area contributed by atoms with Crippen molar-refractivity contribution in [3.8, 4) is 11.1 Å². The Morgan fingerprint density at radius 2 is 1.30 bits per heavy atom. The van der Waals surface area contributed by atoms with Crippen molar-refractivity contribution in [2.45, 2.75) is 47.0 Å². The number of hydrogen-bond donors (Lipinski definition) is 0. The lowest BCUT2D eigenvalue weighted by atomic mass is 9.76. The lowest BCUT2D eigenvalue weighted by Gasteiger charge is -2.27. The first-order chi connectivity index (χ1) is 14.5. The summed E-state index contributed by atoms with van der Waals surface area (Å²) in [7, 11) is 0. The Balaban J connectivity index is 1.72. The third-order valence-electron chi connectivity index (χ3n) is 7.70. The van der Waals surface area contributed by atoms with Crippen LogP contribution in [0, 0.1) is 5.92 Å². The van der Waals surface area contributed by atoms with E-state index >= 15 is 0 Å². The fourth-order valence-corrected chi connectivity index (χ4v) is 5.78. The van der Waals surface area contributed by atoms with Crippen molar-refractivity contribution in [1.29, 1.82) is 0 Å². The average molecular weight is 391 g/mol. The highest BCUT2D eigenvalue weighted by Gasteiger charge is 2.37. The molecule has 0 nitrogen and oxygen atoms in total. The van der Waals surface area contributed by atoms with Crippen molar-refractivity contribution < 1.29 is 0 Å². The average Bonchev–Trinajstić information content (AvgIpc) is 3.23. The third-order valence-corrected chi connectivity index (χ3v) is 7.70. The molecule has 0 aliphatic heterocycles. The number of hydrogen-bond acceptors (Lipinski definition) is 0. The molecule has 0 amide bonds. The van der Waals surface area contributed by atoms with E-state index in [4.69, 9.17) is 0 Å². The van der Waals surface area contributed by atoms with Gasteiger partial charge in [-0.05, 0) is 78.3 Å². The molecule has 0 spiro atoms. The minimum absolute atomic E-state index is 0.465. The lowest BCUT2D eigenvalue weighted by Crippen LogP contribution is -2.14. The Bertz CT molecular complexity index is 1230. The minimum atomic E-state index is 0.465. The highest BCUT2D eigenvalue weighted by atomic mass is 14.4. The molecule has 0 fully saturated rings. The molecule has 0 radical (unpaired) electrons. The molecular weight excluding hydrogens is 360 g/mol. The number of allylic oxidation sites excluding steroid dienone is 5. The van der Waals surface area contributed by atoms with Gasteiger partial charge in [-0.25, -0.2) is 0 Å². The Hall–Kier alpha value is -2.86. The van der Waals surface area contributed by atoms with Crippen molar-refractivity contribution in [1.82, 2.24) is 0 Å². The van der Waals surface area contributed by atoms with Crippen LogP contribution < -0.4 is 0 Å². The summed E-state index contributed by atoms with van der Waals surface area (Å²) >= 11 is 0. The van der Waals surface area contributed by atoms with Gasteiger partial charge in [0.05, 0.1) is 0 Å². The summed E-state index contributed by atoms with van der Waals surface area (Å²) in [6.07, 6.45) is 3.60. The number of benzene rings is 3. The van der Waals surface area contributed by atoms with Crippen LogP contribution in [0.5, 0.6) is 0 Å². The van der Waals surface area contributed by atoms with Gasteiger partial charge in [-0.15, -0.1) is 0 Å². The SMILES string of the molecule is CCC1=Cc2c(-c3cccc4ccccc34)cccc2C1C1C(C)=C(C)C(C)=C1C. The van der Waals surface area contributed by atoms with Crippen LogP contribution in [0.3, 0.4) is 0 Å². The summed E-state index contributed by atoms with van der Waals surface area (Å²) in [5, 5.41) is 2.64. The maximum atomic E-state index is 2.50. The zero-order chi connectivity index (χ0) is 21.0. The Labute approximate surface area is 180 Å². The predicted octanol–water partition coefficient (Wildman–Crippen LogP) is 8.70. The van der Waals surface area contributed by atoms with Crippen LogP contribution in [0.4, 0.5) is 0 Å². The summed E-state index contributed by atoms with van der Waals surface area (Å²) in [6, 6.07) is 22.4. The highest BCUT2D eigenvalue weighted by Crippen LogP contribution is 2.53. The number of rotatable bonds is 3. The van der Waals surface area contributed by atoms with Gasteiger partial charge in [0, 0.05) is 11.8 Å². The molecule has 1 atom stereocenters. The van der Waals surface area contributed by atoms with Gasteiger partial charge in [-0.3, -0.25) is 0 Å². The Kier molecular flexibility index (Phi) is 4.54. The minimum Gasteiger partial charge on any atom is -0.0620 e. The summed E-state index contributed by atoms with van der Waals surface area (Å²) in [5.74, 6) is 0.965. The van der Waals surface area contributed by atoms with Crippen LogP contribution in [0.15, 0.2) is 88.5 Å². The van der Waals surface area contributed by atoms with E-state index in [0.717, 1.165) is 6.42 Å².